The van der Waals surface area contributed by atoms with E-state index in [0.29, 0.717) is 10.9 Å². The van der Waals surface area contributed by atoms with Crippen LogP contribution in [0.5, 0.6) is 0 Å². The van der Waals surface area contributed by atoms with Gasteiger partial charge in [0.2, 0.25) is 0 Å². The van der Waals surface area contributed by atoms with Gasteiger partial charge in [-0.1, -0.05) is 18.2 Å². The van der Waals surface area contributed by atoms with Gasteiger partial charge in [0.25, 0.3) is 5.78 Å². The van der Waals surface area contributed by atoms with Crippen molar-refractivity contribution in [1.82, 2.24) is 4.57 Å². The number of rotatable bonds is 4. The molecule has 0 bridgehead atoms. The summed E-state index contributed by atoms with van der Waals surface area (Å²) < 4.78 is 6.47. The fourth-order valence-corrected chi connectivity index (χ4v) is 2.03. The first kappa shape index (κ1) is 13.7. The van der Waals surface area contributed by atoms with Gasteiger partial charge in [0.05, 0.1) is 12.2 Å². The van der Waals surface area contributed by atoms with Gasteiger partial charge in [0, 0.05) is 24.1 Å². The predicted molar refractivity (Wildman–Crippen MR) is 72.5 cm³/mol. The van der Waals surface area contributed by atoms with Crippen molar-refractivity contribution in [3.63, 3.8) is 0 Å². The number of hydrogen-bond acceptors (Lipinski definition) is 3. The number of ether oxygens (including phenoxy) is 1. The Morgan fingerprint density at radius 3 is 2.70 bits per heavy atom. The number of aryl methyl sites for hydroxylation is 1. The molecule has 6 heteroatoms. The van der Waals surface area contributed by atoms with Crippen LogP contribution in [0.25, 0.3) is 16.4 Å². The van der Waals surface area contributed by atoms with Gasteiger partial charge in [-0.15, -0.1) is 0 Å². The van der Waals surface area contributed by atoms with Gasteiger partial charge in [-0.25, -0.2) is 4.79 Å². The predicted octanol–water partition coefficient (Wildman–Crippen LogP) is 1.59. The van der Waals surface area contributed by atoms with Gasteiger partial charge in [0.1, 0.15) is 0 Å². The maximum Gasteiger partial charge on any atom is 0.446 e. The topological polar surface area (TPSA) is 84.7 Å². The number of ketones is 1. The Labute approximate surface area is 115 Å². The molecule has 1 aromatic carbocycles. The lowest BCUT2D eigenvalue weighted by atomic mass is 10.1. The van der Waals surface area contributed by atoms with Crippen LogP contribution >= 0.6 is 0 Å². The Balaban J connectivity index is 2.51. The lowest BCUT2D eigenvalue weighted by molar-refractivity contribution is -0.139. The molecule has 0 spiro atoms. The number of para-hydroxylation sites is 1. The molecule has 0 radical (unpaired) electrons. The molecule has 0 aliphatic heterocycles. The third-order valence-corrected chi connectivity index (χ3v) is 2.93. The molecule has 0 saturated carbocycles. The van der Waals surface area contributed by atoms with Crippen molar-refractivity contribution in [2.24, 2.45) is 7.05 Å². The summed E-state index contributed by atoms with van der Waals surface area (Å²) in [5.41, 5.74) is 9.41. The zero-order valence-electron chi connectivity index (χ0n) is 11.2. The normalized spacial score (nSPS) is 10.1. The maximum atomic E-state index is 12.3. The molecule has 0 unspecified atom stereocenters. The Kier molecular flexibility index (Phi) is 3.77. The quantitative estimate of drug-likeness (QED) is 0.211. The number of benzene rings is 1. The summed E-state index contributed by atoms with van der Waals surface area (Å²) in [4.78, 5) is 26.7. The fourth-order valence-electron chi connectivity index (χ4n) is 2.03. The summed E-state index contributed by atoms with van der Waals surface area (Å²) in [6.45, 7) is 1.70. The number of nitrogens with zero attached hydrogens (tertiary/aromatic N) is 3. The van der Waals surface area contributed by atoms with E-state index in [0.717, 1.165) is 5.52 Å². The van der Waals surface area contributed by atoms with E-state index in [2.05, 4.69) is 4.79 Å². The molecule has 102 valence electrons. The second-order valence-electron chi connectivity index (χ2n) is 4.17. The van der Waals surface area contributed by atoms with E-state index in [-0.39, 0.29) is 6.61 Å². The molecule has 0 N–H and O–H groups in total. The van der Waals surface area contributed by atoms with Crippen LogP contribution in [0.1, 0.15) is 17.3 Å². The van der Waals surface area contributed by atoms with Crippen molar-refractivity contribution in [3.05, 3.63) is 41.6 Å². The minimum absolute atomic E-state index is 0.0979. The largest absolute Gasteiger partial charge is 0.457 e. The molecule has 2 aromatic rings. The summed E-state index contributed by atoms with van der Waals surface area (Å²) in [7, 11) is 1.79. The standard InChI is InChI=1S/C14H13N3O3/c1-3-20-14(19)12(16-15)13(18)10-8-17(2)11-7-5-4-6-9(10)11/h4-8H,3H2,1-2H3. The average Bonchev–Trinajstić information content (AvgIpc) is 2.78. The zero-order chi connectivity index (χ0) is 14.7. The van der Waals surface area contributed by atoms with Crippen LogP contribution in [0.2, 0.25) is 0 Å². The average molecular weight is 271 g/mol. The number of carbonyl (C=O) groups excluding carboxylic acids is 2. The molecule has 1 aromatic heterocycles. The number of hydrogen-bond donors (Lipinski definition) is 0. The van der Waals surface area contributed by atoms with Crippen molar-refractivity contribution >= 4 is 28.4 Å². The number of Topliss-reactive ketones (excluding diaryl/α,β-unsaturated/α-hetero) is 1. The maximum absolute atomic E-state index is 12.3. The van der Waals surface area contributed by atoms with Crippen LogP contribution in [-0.4, -0.2) is 33.4 Å². The summed E-state index contributed by atoms with van der Waals surface area (Å²) >= 11 is 0. The molecule has 0 fully saturated rings. The number of fused-ring (bicyclic) bond motifs is 1. The van der Waals surface area contributed by atoms with E-state index in [1.54, 1.807) is 36.9 Å². The van der Waals surface area contributed by atoms with Crippen LogP contribution in [0, 0.1) is 0 Å². The third-order valence-electron chi connectivity index (χ3n) is 2.93. The van der Waals surface area contributed by atoms with Crippen LogP contribution in [-0.2, 0) is 16.6 Å². The first-order valence-electron chi connectivity index (χ1n) is 6.08. The molecule has 6 nitrogen and oxygen atoms in total. The SMILES string of the molecule is CCOC(=O)C(=[N+]=[N-])C(=O)c1cn(C)c2ccccc12. The molecule has 2 rings (SSSR count). The van der Waals surface area contributed by atoms with E-state index in [1.807, 2.05) is 12.1 Å². The Morgan fingerprint density at radius 2 is 2.05 bits per heavy atom. The van der Waals surface area contributed by atoms with E-state index in [1.165, 1.54) is 0 Å². The molecule has 0 aliphatic carbocycles. The molecule has 0 amide bonds. The Hall–Kier alpha value is -2.72. The van der Waals surface area contributed by atoms with E-state index < -0.39 is 17.5 Å². The second-order valence-corrected chi connectivity index (χ2v) is 4.17. The highest BCUT2D eigenvalue weighted by Gasteiger charge is 2.33. The third kappa shape index (κ3) is 2.24. The summed E-state index contributed by atoms with van der Waals surface area (Å²) in [5, 5.41) is 0.686. The first-order valence-corrected chi connectivity index (χ1v) is 6.08. The van der Waals surface area contributed by atoms with Crippen LogP contribution in [0.3, 0.4) is 0 Å². The van der Waals surface area contributed by atoms with Crippen molar-refractivity contribution in [2.45, 2.75) is 6.92 Å². The molecule has 1 heterocycles. The highest BCUT2D eigenvalue weighted by Crippen LogP contribution is 2.21. The molecular weight excluding hydrogens is 258 g/mol. The summed E-state index contributed by atoms with van der Waals surface area (Å²) in [5.74, 6) is -1.60. The molecule has 0 saturated heterocycles. The molecular formula is C14H13N3O3. The van der Waals surface area contributed by atoms with Gasteiger partial charge in [-0.2, -0.15) is 4.79 Å². The van der Waals surface area contributed by atoms with Crippen molar-refractivity contribution < 1.29 is 19.1 Å². The van der Waals surface area contributed by atoms with Crippen LogP contribution in [0.15, 0.2) is 30.5 Å². The first-order chi connectivity index (χ1) is 9.60. The lowest BCUT2D eigenvalue weighted by Crippen LogP contribution is -2.27. The Morgan fingerprint density at radius 1 is 1.35 bits per heavy atom. The van der Waals surface area contributed by atoms with E-state index in [9.17, 15) is 9.59 Å². The van der Waals surface area contributed by atoms with E-state index in [4.69, 9.17) is 10.3 Å². The number of carbonyl (C=O) groups is 2. The molecule has 0 atom stereocenters. The van der Waals surface area contributed by atoms with Crippen molar-refractivity contribution in [1.29, 1.82) is 0 Å². The monoisotopic (exact) mass is 271 g/mol. The minimum atomic E-state index is -0.937. The highest BCUT2D eigenvalue weighted by molar-refractivity contribution is 6.66. The molecule has 20 heavy (non-hydrogen) atoms. The fraction of sp³-hybridized carbons (Fsp3) is 0.214. The summed E-state index contributed by atoms with van der Waals surface area (Å²) in [6.07, 6.45) is 1.59. The van der Waals surface area contributed by atoms with Crippen molar-refractivity contribution in [2.75, 3.05) is 6.61 Å². The van der Waals surface area contributed by atoms with Gasteiger partial charge in [-0.3, -0.25) is 4.79 Å². The van der Waals surface area contributed by atoms with Crippen LogP contribution < -0.4 is 0 Å². The lowest BCUT2D eigenvalue weighted by Gasteiger charge is -1.96. The molecule has 0 aliphatic rings. The zero-order valence-corrected chi connectivity index (χ0v) is 11.2. The minimum Gasteiger partial charge on any atom is -0.457 e. The van der Waals surface area contributed by atoms with Gasteiger partial charge in [-0.05, 0) is 13.0 Å². The van der Waals surface area contributed by atoms with Crippen molar-refractivity contribution in [3.8, 4) is 0 Å². The number of esters is 1. The number of aromatic nitrogens is 1. The Bertz CT molecular complexity index is 739. The van der Waals surface area contributed by atoms with Gasteiger partial charge in [0.15, 0.2) is 0 Å². The highest BCUT2D eigenvalue weighted by atomic mass is 16.5. The van der Waals surface area contributed by atoms with E-state index >= 15 is 0 Å². The van der Waals surface area contributed by atoms with Crippen LogP contribution in [0.4, 0.5) is 0 Å². The van der Waals surface area contributed by atoms with Gasteiger partial charge >= 0.3 is 11.7 Å². The summed E-state index contributed by atoms with van der Waals surface area (Å²) in [6, 6.07) is 7.26. The van der Waals surface area contributed by atoms with Gasteiger partial charge < -0.3 is 14.8 Å². The second kappa shape index (κ2) is 5.50. The smallest absolute Gasteiger partial charge is 0.446 e.